The van der Waals surface area contributed by atoms with E-state index in [9.17, 15) is 0 Å². The van der Waals surface area contributed by atoms with E-state index in [0.29, 0.717) is 21.7 Å². The lowest BCUT2D eigenvalue weighted by Crippen LogP contribution is -2.58. The van der Waals surface area contributed by atoms with Crippen LogP contribution in [0.5, 0.6) is 0 Å². The van der Waals surface area contributed by atoms with Crippen LogP contribution in [0.3, 0.4) is 0 Å². The minimum atomic E-state index is 0.591. The van der Waals surface area contributed by atoms with Gasteiger partial charge in [-0.3, -0.25) is 0 Å². The summed E-state index contributed by atoms with van der Waals surface area (Å²) in [6.45, 7) is 18.3. The van der Waals surface area contributed by atoms with Crippen LogP contribution in [-0.2, 0) is 0 Å². The van der Waals surface area contributed by atoms with E-state index in [1.807, 2.05) is 0 Å². The van der Waals surface area contributed by atoms with Crippen LogP contribution in [0.2, 0.25) is 0 Å². The fourth-order valence-electron chi connectivity index (χ4n) is 9.67. The normalized spacial score (nSPS) is 53.9. The minimum absolute atomic E-state index is 0.591. The summed E-state index contributed by atoms with van der Waals surface area (Å²) in [6.07, 6.45) is 19.4. The van der Waals surface area contributed by atoms with E-state index < -0.39 is 0 Å². The SMILES string of the molecule is CCC(C)[C@H]1CCC[C@H]2[C@@H]3CC[C@]4(C)CC[C@](C)(CC)CC[C@]4(C)C3CC[C@]12C. The molecule has 0 N–H and O–H groups in total. The van der Waals surface area contributed by atoms with Crippen molar-refractivity contribution in [2.75, 3.05) is 0 Å². The van der Waals surface area contributed by atoms with E-state index in [4.69, 9.17) is 0 Å². The van der Waals surface area contributed by atoms with Gasteiger partial charge in [0.1, 0.15) is 0 Å². The molecule has 4 rings (SSSR count). The van der Waals surface area contributed by atoms with Gasteiger partial charge in [-0.25, -0.2) is 0 Å². The number of hydrogen-bond acceptors (Lipinski definition) is 0. The lowest BCUT2D eigenvalue weighted by molar-refractivity contribution is -0.165. The zero-order chi connectivity index (χ0) is 21.1. The molecule has 29 heavy (non-hydrogen) atoms. The van der Waals surface area contributed by atoms with Gasteiger partial charge >= 0.3 is 0 Å². The van der Waals surface area contributed by atoms with Gasteiger partial charge in [0, 0.05) is 0 Å². The molecule has 0 heteroatoms. The number of fused-ring (bicyclic) bond motifs is 5. The molecule has 0 radical (unpaired) electrons. The van der Waals surface area contributed by atoms with E-state index in [-0.39, 0.29) is 0 Å². The van der Waals surface area contributed by atoms with Gasteiger partial charge in [-0.1, -0.05) is 67.7 Å². The Balaban J connectivity index is 1.64. The van der Waals surface area contributed by atoms with E-state index in [2.05, 4.69) is 48.5 Å². The van der Waals surface area contributed by atoms with Crippen molar-refractivity contribution in [2.24, 2.45) is 51.2 Å². The predicted molar refractivity (Wildman–Crippen MR) is 127 cm³/mol. The van der Waals surface area contributed by atoms with Crippen molar-refractivity contribution in [3.05, 3.63) is 0 Å². The molecule has 168 valence electrons. The molecule has 9 atom stereocenters. The highest BCUT2D eigenvalue weighted by Crippen LogP contribution is 2.70. The van der Waals surface area contributed by atoms with Crippen molar-refractivity contribution in [2.45, 2.75) is 132 Å². The Bertz CT molecular complexity index is 593. The molecule has 0 aliphatic heterocycles. The van der Waals surface area contributed by atoms with Crippen LogP contribution in [0.15, 0.2) is 0 Å². The van der Waals surface area contributed by atoms with Crippen LogP contribution in [0.4, 0.5) is 0 Å². The van der Waals surface area contributed by atoms with Crippen LogP contribution in [0, 0.1) is 51.2 Å². The third-order valence-corrected chi connectivity index (χ3v) is 12.7. The lowest BCUT2D eigenvalue weighted by atomic mass is 9.39. The van der Waals surface area contributed by atoms with Gasteiger partial charge in [-0.05, 0) is 115 Å². The fourth-order valence-corrected chi connectivity index (χ4v) is 9.67. The van der Waals surface area contributed by atoms with Gasteiger partial charge in [-0.2, -0.15) is 0 Å². The maximum atomic E-state index is 2.78. The molecular weight excluding hydrogens is 348 g/mol. The molecule has 0 nitrogen and oxygen atoms in total. The van der Waals surface area contributed by atoms with Gasteiger partial charge in [-0.15, -0.1) is 0 Å². The highest BCUT2D eigenvalue weighted by atomic mass is 14.7. The van der Waals surface area contributed by atoms with Gasteiger partial charge in [0.15, 0.2) is 0 Å². The molecule has 0 aromatic heterocycles. The summed E-state index contributed by atoms with van der Waals surface area (Å²) in [5, 5.41) is 0. The minimum Gasteiger partial charge on any atom is -0.0651 e. The maximum absolute atomic E-state index is 2.78. The van der Waals surface area contributed by atoms with Crippen LogP contribution >= 0.6 is 0 Å². The molecule has 4 fully saturated rings. The first kappa shape index (κ1) is 22.2. The van der Waals surface area contributed by atoms with Crippen LogP contribution in [0.25, 0.3) is 0 Å². The number of hydrogen-bond donors (Lipinski definition) is 0. The average Bonchev–Trinajstić information content (AvgIpc) is 2.82. The van der Waals surface area contributed by atoms with Crippen molar-refractivity contribution in [3.8, 4) is 0 Å². The molecule has 4 saturated carbocycles. The van der Waals surface area contributed by atoms with Crippen molar-refractivity contribution in [3.63, 3.8) is 0 Å². The van der Waals surface area contributed by atoms with Crippen molar-refractivity contribution in [1.82, 2.24) is 0 Å². The van der Waals surface area contributed by atoms with Crippen molar-refractivity contribution < 1.29 is 0 Å². The molecule has 0 heterocycles. The maximum Gasteiger partial charge on any atom is -0.0241 e. The Morgan fingerprint density at radius 1 is 0.759 bits per heavy atom. The fraction of sp³-hybridized carbons (Fsp3) is 1.00. The average molecular weight is 401 g/mol. The molecular formula is C29H52. The second-order valence-electron chi connectivity index (χ2n) is 13.5. The smallest absolute Gasteiger partial charge is 0.0241 e. The predicted octanol–water partition coefficient (Wildman–Crippen LogP) is 9.28. The molecule has 0 amide bonds. The largest absolute Gasteiger partial charge is 0.0651 e. The van der Waals surface area contributed by atoms with Crippen LogP contribution < -0.4 is 0 Å². The monoisotopic (exact) mass is 400 g/mol. The van der Waals surface area contributed by atoms with E-state index in [1.54, 1.807) is 19.3 Å². The molecule has 0 aromatic rings. The topological polar surface area (TPSA) is 0 Å². The summed E-state index contributed by atoms with van der Waals surface area (Å²) in [7, 11) is 0. The van der Waals surface area contributed by atoms with Crippen molar-refractivity contribution >= 4 is 0 Å². The standard InChI is InChI=1S/C29H52/c1-8-21(3)23-11-10-12-24-22-13-15-27(5)19-17-26(4,9-2)18-20-29(27,7)25(22)14-16-28(23,24)6/h21-25H,8-20H2,1-7H3/t21?,22-,23+,24-,25?,26-,27+,28+,29+/m0/s1. The summed E-state index contributed by atoms with van der Waals surface area (Å²) >= 11 is 0. The third kappa shape index (κ3) is 3.28. The zero-order valence-corrected chi connectivity index (χ0v) is 21.1. The van der Waals surface area contributed by atoms with Crippen LogP contribution in [-0.4, -0.2) is 0 Å². The van der Waals surface area contributed by atoms with Crippen LogP contribution in [0.1, 0.15) is 132 Å². The summed E-state index contributed by atoms with van der Waals surface area (Å²) < 4.78 is 0. The Kier molecular flexibility index (Phi) is 5.78. The second kappa shape index (κ2) is 7.55. The summed E-state index contributed by atoms with van der Waals surface area (Å²) in [5.74, 6) is 4.98. The second-order valence-corrected chi connectivity index (χ2v) is 13.5. The Labute approximate surface area is 183 Å². The molecule has 4 aliphatic carbocycles. The Morgan fingerprint density at radius 3 is 2.17 bits per heavy atom. The first-order valence-electron chi connectivity index (χ1n) is 13.6. The van der Waals surface area contributed by atoms with E-state index in [1.165, 1.54) is 64.2 Å². The molecule has 0 spiro atoms. The quantitative estimate of drug-likeness (QED) is 0.442. The third-order valence-electron chi connectivity index (χ3n) is 12.7. The summed E-state index contributed by atoms with van der Waals surface area (Å²) in [5.41, 5.74) is 2.43. The first-order valence-corrected chi connectivity index (χ1v) is 13.6. The lowest BCUT2D eigenvalue weighted by Gasteiger charge is -2.66. The molecule has 0 saturated heterocycles. The molecule has 4 aliphatic rings. The van der Waals surface area contributed by atoms with Gasteiger partial charge < -0.3 is 0 Å². The van der Waals surface area contributed by atoms with E-state index >= 15 is 0 Å². The van der Waals surface area contributed by atoms with Gasteiger partial charge in [0.05, 0.1) is 0 Å². The Hall–Kier alpha value is 0. The molecule has 2 unspecified atom stereocenters. The van der Waals surface area contributed by atoms with E-state index in [0.717, 1.165) is 29.6 Å². The Morgan fingerprint density at radius 2 is 1.48 bits per heavy atom. The highest BCUT2D eigenvalue weighted by Gasteiger charge is 2.62. The zero-order valence-electron chi connectivity index (χ0n) is 21.1. The van der Waals surface area contributed by atoms with Crippen molar-refractivity contribution in [1.29, 1.82) is 0 Å². The molecule has 0 aromatic carbocycles. The molecule has 0 bridgehead atoms. The first-order chi connectivity index (χ1) is 13.6. The summed E-state index contributed by atoms with van der Waals surface area (Å²) in [4.78, 5) is 0. The summed E-state index contributed by atoms with van der Waals surface area (Å²) in [6, 6.07) is 0. The highest BCUT2D eigenvalue weighted by molar-refractivity contribution is 5.11. The van der Waals surface area contributed by atoms with Gasteiger partial charge in [0.2, 0.25) is 0 Å². The van der Waals surface area contributed by atoms with Gasteiger partial charge in [0.25, 0.3) is 0 Å². The number of rotatable bonds is 3.